The van der Waals surface area contributed by atoms with Gasteiger partial charge in [0.15, 0.2) is 0 Å². The number of hydrogen-bond acceptors (Lipinski definition) is 5. The van der Waals surface area contributed by atoms with Gasteiger partial charge >= 0.3 is 0 Å². The fourth-order valence-corrected chi connectivity index (χ4v) is 2.80. The van der Waals surface area contributed by atoms with E-state index in [0.717, 1.165) is 5.69 Å². The van der Waals surface area contributed by atoms with Crippen LogP contribution < -0.4 is 10.2 Å². The van der Waals surface area contributed by atoms with Gasteiger partial charge < -0.3 is 4.90 Å². The summed E-state index contributed by atoms with van der Waals surface area (Å²) < 4.78 is 0. The van der Waals surface area contributed by atoms with Crippen LogP contribution in [0.4, 0.5) is 11.4 Å². The smallest absolute Gasteiger partial charge is 0.269 e. The quantitative estimate of drug-likeness (QED) is 0.478. The maximum Gasteiger partial charge on any atom is 0.269 e. The highest BCUT2D eigenvalue weighted by molar-refractivity contribution is 6.33. The monoisotopic (exact) mass is 349 g/mol. The molecule has 1 atom stereocenters. The van der Waals surface area contributed by atoms with E-state index in [9.17, 15) is 14.9 Å². The lowest BCUT2D eigenvalue weighted by atomic mass is 9.93. The van der Waals surface area contributed by atoms with Crippen LogP contribution in [0, 0.1) is 33.8 Å². The molecule has 0 bridgehead atoms. The number of carbonyl (C=O) groups is 1. The summed E-state index contributed by atoms with van der Waals surface area (Å²) in [6, 6.07) is 6.16. The number of carbonyl (C=O) groups excluding carboxylic acids is 1. The SMILES string of the molecule is C#CCN(CC1C=CC2=NC(=N)NC(=O)C2=C1)c1ccc([N+](=O)[O-])cc1. The van der Waals surface area contributed by atoms with Crippen LogP contribution in [0.15, 0.2) is 53.1 Å². The molecule has 130 valence electrons. The second-order valence-electron chi connectivity index (χ2n) is 5.76. The van der Waals surface area contributed by atoms with Crippen LogP contribution in [-0.2, 0) is 4.79 Å². The number of rotatable bonds is 5. The third kappa shape index (κ3) is 3.52. The Balaban J connectivity index is 1.81. The van der Waals surface area contributed by atoms with Crippen LogP contribution >= 0.6 is 0 Å². The number of aliphatic imine (C=N–C) groups is 1. The zero-order valence-electron chi connectivity index (χ0n) is 13.7. The van der Waals surface area contributed by atoms with E-state index in [1.54, 1.807) is 24.3 Å². The molecule has 0 spiro atoms. The number of nitro groups is 1. The molecule has 0 fully saturated rings. The van der Waals surface area contributed by atoms with Gasteiger partial charge in [-0.2, -0.15) is 0 Å². The molecule has 3 rings (SSSR count). The highest BCUT2D eigenvalue weighted by Crippen LogP contribution is 2.23. The molecule has 1 aromatic rings. The van der Waals surface area contributed by atoms with Crippen molar-refractivity contribution in [3.63, 3.8) is 0 Å². The Morgan fingerprint density at radius 1 is 1.38 bits per heavy atom. The molecule has 2 N–H and O–H groups in total. The normalized spacial score (nSPS) is 18.2. The summed E-state index contributed by atoms with van der Waals surface area (Å²) in [6.07, 6.45) is 10.9. The fraction of sp³-hybridized carbons (Fsp3) is 0.167. The van der Waals surface area contributed by atoms with Gasteiger partial charge in [-0.1, -0.05) is 18.1 Å². The summed E-state index contributed by atoms with van der Waals surface area (Å²) in [5.74, 6) is 1.96. The molecule has 1 amide bonds. The van der Waals surface area contributed by atoms with Crippen LogP contribution in [0.3, 0.4) is 0 Å². The van der Waals surface area contributed by atoms with Crippen LogP contribution in [0.2, 0.25) is 0 Å². The molecule has 1 aromatic carbocycles. The van der Waals surface area contributed by atoms with Gasteiger partial charge in [-0.15, -0.1) is 6.42 Å². The fourth-order valence-electron chi connectivity index (χ4n) is 2.80. The van der Waals surface area contributed by atoms with Crippen LogP contribution in [0.1, 0.15) is 0 Å². The first-order valence-corrected chi connectivity index (χ1v) is 7.80. The van der Waals surface area contributed by atoms with Crippen LogP contribution in [0.5, 0.6) is 0 Å². The van der Waals surface area contributed by atoms with Crippen molar-refractivity contribution in [1.29, 1.82) is 5.41 Å². The second kappa shape index (κ2) is 7.03. The molecular formula is C18H15N5O3. The van der Waals surface area contributed by atoms with E-state index in [2.05, 4.69) is 16.2 Å². The molecule has 1 aliphatic carbocycles. The molecule has 1 heterocycles. The van der Waals surface area contributed by atoms with E-state index < -0.39 is 4.92 Å². The zero-order valence-corrected chi connectivity index (χ0v) is 13.7. The van der Waals surface area contributed by atoms with Gasteiger partial charge in [0.05, 0.1) is 22.8 Å². The second-order valence-corrected chi connectivity index (χ2v) is 5.76. The topological polar surface area (TPSA) is 112 Å². The Morgan fingerprint density at radius 2 is 2.12 bits per heavy atom. The Labute approximate surface area is 149 Å². The summed E-state index contributed by atoms with van der Waals surface area (Å²) in [6.45, 7) is 0.823. The average Bonchev–Trinajstić information content (AvgIpc) is 2.62. The van der Waals surface area contributed by atoms with E-state index in [1.165, 1.54) is 12.1 Å². The molecule has 0 saturated heterocycles. The van der Waals surface area contributed by atoms with E-state index in [-0.39, 0.29) is 23.5 Å². The van der Waals surface area contributed by atoms with Gasteiger partial charge in [0.2, 0.25) is 5.96 Å². The summed E-state index contributed by atoms with van der Waals surface area (Å²) in [4.78, 5) is 28.3. The van der Waals surface area contributed by atoms with Crippen molar-refractivity contribution in [3.8, 4) is 12.3 Å². The molecule has 0 aromatic heterocycles. The zero-order chi connectivity index (χ0) is 18.7. The van der Waals surface area contributed by atoms with Gasteiger partial charge in [0.1, 0.15) is 0 Å². The molecule has 1 aliphatic heterocycles. The van der Waals surface area contributed by atoms with Crippen molar-refractivity contribution in [1.82, 2.24) is 5.32 Å². The maximum absolute atomic E-state index is 12.0. The largest absolute Gasteiger partial charge is 0.359 e. The van der Waals surface area contributed by atoms with Crippen LogP contribution in [0.25, 0.3) is 0 Å². The highest BCUT2D eigenvalue weighted by Gasteiger charge is 2.25. The van der Waals surface area contributed by atoms with Crippen molar-refractivity contribution < 1.29 is 9.72 Å². The number of guanidine groups is 1. The lowest BCUT2D eigenvalue weighted by molar-refractivity contribution is -0.384. The van der Waals surface area contributed by atoms with Crippen molar-refractivity contribution in [2.24, 2.45) is 10.9 Å². The predicted octanol–water partition coefficient (Wildman–Crippen LogP) is 1.65. The lowest BCUT2D eigenvalue weighted by Gasteiger charge is -2.27. The standard InChI is InChI=1S/C18H15N5O3/c1-2-9-22(13-4-6-14(7-5-13)23(25)26)11-12-3-8-16-15(10-12)17(24)21-18(19)20-16/h1,3-8,10,12H,9,11H2,(H2,19,21,24). The minimum atomic E-state index is -0.455. The molecular weight excluding hydrogens is 334 g/mol. The van der Waals surface area contributed by atoms with Gasteiger partial charge in [0.25, 0.3) is 11.6 Å². The summed E-state index contributed by atoms with van der Waals surface area (Å²) in [5.41, 5.74) is 1.66. The number of non-ortho nitro benzene ring substituents is 1. The number of nitro benzene ring substituents is 1. The summed E-state index contributed by atoms with van der Waals surface area (Å²) in [7, 11) is 0. The number of hydrogen-bond donors (Lipinski definition) is 2. The number of amides is 1. The molecule has 8 heteroatoms. The minimum absolute atomic E-state index is 0.0104. The van der Waals surface area contributed by atoms with Gasteiger partial charge in [-0.3, -0.25) is 25.6 Å². The minimum Gasteiger partial charge on any atom is -0.359 e. The Hall–Kier alpha value is -3.73. The van der Waals surface area contributed by atoms with Gasteiger partial charge in [-0.25, -0.2) is 4.99 Å². The third-order valence-corrected chi connectivity index (χ3v) is 4.01. The first-order chi connectivity index (χ1) is 12.5. The Bertz CT molecular complexity index is 906. The lowest BCUT2D eigenvalue weighted by Crippen LogP contribution is -2.39. The molecule has 0 radical (unpaired) electrons. The van der Waals surface area contributed by atoms with Crippen LogP contribution in [-0.4, -0.2) is 35.6 Å². The number of terminal acetylenes is 1. The molecule has 0 saturated carbocycles. The van der Waals surface area contributed by atoms with E-state index >= 15 is 0 Å². The van der Waals surface area contributed by atoms with Crippen molar-refractivity contribution >= 4 is 29.0 Å². The molecule has 2 aliphatic rings. The maximum atomic E-state index is 12.0. The van der Waals surface area contributed by atoms with Gasteiger partial charge in [0, 0.05) is 30.3 Å². The van der Waals surface area contributed by atoms with Gasteiger partial charge in [-0.05, 0) is 18.2 Å². The Kier molecular flexibility index (Phi) is 4.62. The van der Waals surface area contributed by atoms with E-state index in [1.807, 2.05) is 11.0 Å². The summed E-state index contributed by atoms with van der Waals surface area (Å²) in [5, 5.41) is 20.6. The highest BCUT2D eigenvalue weighted by atomic mass is 16.6. The molecule has 26 heavy (non-hydrogen) atoms. The number of allylic oxidation sites excluding steroid dienone is 1. The number of fused-ring (bicyclic) bond motifs is 1. The molecule has 1 unspecified atom stereocenters. The average molecular weight is 349 g/mol. The Morgan fingerprint density at radius 3 is 2.77 bits per heavy atom. The van der Waals surface area contributed by atoms with E-state index in [0.29, 0.717) is 24.4 Å². The summed E-state index contributed by atoms with van der Waals surface area (Å²) >= 11 is 0. The third-order valence-electron chi connectivity index (χ3n) is 4.01. The first kappa shape index (κ1) is 17.1. The molecule has 8 nitrogen and oxygen atoms in total. The first-order valence-electron chi connectivity index (χ1n) is 7.80. The van der Waals surface area contributed by atoms with Crippen molar-refractivity contribution in [2.75, 3.05) is 18.0 Å². The number of nitrogens with one attached hydrogen (secondary N) is 2. The van der Waals surface area contributed by atoms with Crippen molar-refractivity contribution in [2.45, 2.75) is 0 Å². The number of benzene rings is 1. The number of anilines is 1. The van der Waals surface area contributed by atoms with Crippen molar-refractivity contribution in [3.05, 3.63) is 58.2 Å². The van der Waals surface area contributed by atoms with E-state index in [4.69, 9.17) is 11.8 Å². The predicted molar refractivity (Wildman–Crippen MR) is 98.2 cm³/mol. The number of nitrogens with zero attached hydrogens (tertiary/aromatic N) is 3.